The minimum absolute atomic E-state index is 0.00536. The molecule has 0 radical (unpaired) electrons. The monoisotopic (exact) mass is 555 g/mol. The first-order chi connectivity index (χ1) is 17.3. The second kappa shape index (κ2) is 11.9. The number of hydrogen-bond acceptors (Lipinski definition) is 6. The smallest absolute Gasteiger partial charge is 0.287 e. The fourth-order valence-corrected chi connectivity index (χ4v) is 6.71. The molecular weight excluding hydrogens is 525 g/mol. The van der Waals surface area contributed by atoms with E-state index in [-0.39, 0.29) is 14.9 Å². The SMILES string of the molecule is O=C(Cn1ncc(Cl)c(Cl)c1=O)Nc1ccc(N2CCCCCC2)c(S(=O)(=O)N2CCCCCC2)c1. The molecule has 0 spiro atoms. The van der Waals surface area contributed by atoms with Gasteiger partial charge in [0.2, 0.25) is 15.9 Å². The van der Waals surface area contributed by atoms with Crippen molar-refractivity contribution in [3.63, 3.8) is 0 Å². The number of amides is 1. The lowest BCUT2D eigenvalue weighted by Gasteiger charge is -2.28. The van der Waals surface area contributed by atoms with Crippen LogP contribution in [0.5, 0.6) is 0 Å². The Morgan fingerprint density at radius 1 is 0.944 bits per heavy atom. The molecule has 0 bridgehead atoms. The average Bonchev–Trinajstić information content (AvgIpc) is 3.30. The lowest BCUT2D eigenvalue weighted by Crippen LogP contribution is -2.34. The summed E-state index contributed by atoms with van der Waals surface area (Å²) in [5.41, 5.74) is 0.321. The third-order valence-electron chi connectivity index (χ3n) is 6.61. The minimum Gasteiger partial charge on any atom is -0.370 e. The molecule has 2 aliphatic heterocycles. The van der Waals surface area contributed by atoms with E-state index in [1.165, 1.54) is 12.3 Å². The van der Waals surface area contributed by atoms with Crippen LogP contribution in [0.25, 0.3) is 0 Å². The van der Waals surface area contributed by atoms with Gasteiger partial charge in [-0.3, -0.25) is 9.59 Å². The number of aromatic nitrogens is 2. The van der Waals surface area contributed by atoms with Gasteiger partial charge < -0.3 is 10.2 Å². The van der Waals surface area contributed by atoms with Crippen LogP contribution in [-0.2, 0) is 21.4 Å². The molecule has 36 heavy (non-hydrogen) atoms. The van der Waals surface area contributed by atoms with E-state index in [2.05, 4.69) is 15.3 Å². The summed E-state index contributed by atoms with van der Waals surface area (Å²) in [5.74, 6) is -0.538. The fraction of sp³-hybridized carbons (Fsp3) is 0.542. The number of anilines is 2. The maximum atomic E-state index is 13.8. The normalized spacial score (nSPS) is 17.9. The number of rotatable bonds is 6. The van der Waals surface area contributed by atoms with Gasteiger partial charge in [-0.15, -0.1) is 0 Å². The molecule has 1 aromatic heterocycles. The lowest BCUT2D eigenvalue weighted by atomic mass is 10.2. The molecule has 3 heterocycles. The summed E-state index contributed by atoms with van der Waals surface area (Å²) in [5, 5.41) is 6.34. The van der Waals surface area contributed by atoms with Crippen LogP contribution in [-0.4, -0.2) is 54.6 Å². The van der Waals surface area contributed by atoms with E-state index in [0.717, 1.165) is 69.1 Å². The van der Waals surface area contributed by atoms with E-state index < -0.39 is 28.0 Å². The van der Waals surface area contributed by atoms with Crippen LogP contribution in [0.4, 0.5) is 11.4 Å². The summed E-state index contributed by atoms with van der Waals surface area (Å²) in [6, 6.07) is 5.00. The Morgan fingerprint density at radius 3 is 2.19 bits per heavy atom. The number of hydrogen-bond donors (Lipinski definition) is 1. The van der Waals surface area contributed by atoms with Crippen molar-refractivity contribution >= 4 is 50.5 Å². The van der Waals surface area contributed by atoms with Crippen LogP contribution in [0.2, 0.25) is 10.0 Å². The predicted molar refractivity (Wildman–Crippen MR) is 141 cm³/mol. The van der Waals surface area contributed by atoms with Gasteiger partial charge in [-0.1, -0.05) is 48.9 Å². The van der Waals surface area contributed by atoms with E-state index >= 15 is 0 Å². The number of nitrogens with zero attached hydrogens (tertiary/aromatic N) is 4. The first-order valence-corrected chi connectivity index (χ1v) is 14.6. The molecule has 12 heteroatoms. The van der Waals surface area contributed by atoms with Gasteiger partial charge in [0.25, 0.3) is 5.56 Å². The van der Waals surface area contributed by atoms with Gasteiger partial charge in [0.15, 0.2) is 0 Å². The maximum absolute atomic E-state index is 13.8. The summed E-state index contributed by atoms with van der Waals surface area (Å²) in [7, 11) is -3.77. The molecule has 1 amide bonds. The van der Waals surface area contributed by atoms with Crippen LogP contribution in [0.15, 0.2) is 34.1 Å². The van der Waals surface area contributed by atoms with E-state index in [4.69, 9.17) is 23.2 Å². The van der Waals surface area contributed by atoms with Crippen molar-refractivity contribution in [2.75, 3.05) is 36.4 Å². The van der Waals surface area contributed by atoms with E-state index in [0.29, 0.717) is 24.5 Å². The number of benzene rings is 1. The van der Waals surface area contributed by atoms with Crippen molar-refractivity contribution in [3.8, 4) is 0 Å². The van der Waals surface area contributed by atoms with Gasteiger partial charge in [-0.2, -0.15) is 9.40 Å². The number of carbonyl (C=O) groups excluding carboxylic acids is 1. The van der Waals surface area contributed by atoms with Crippen molar-refractivity contribution in [2.45, 2.75) is 62.8 Å². The van der Waals surface area contributed by atoms with E-state index in [9.17, 15) is 18.0 Å². The molecule has 4 rings (SSSR count). The third kappa shape index (κ3) is 6.22. The Hall–Kier alpha value is -2.14. The third-order valence-corrected chi connectivity index (χ3v) is 9.29. The molecule has 2 aromatic rings. The number of nitrogens with one attached hydrogen (secondary N) is 1. The highest BCUT2D eigenvalue weighted by atomic mass is 35.5. The van der Waals surface area contributed by atoms with Crippen molar-refractivity contribution < 1.29 is 13.2 Å². The zero-order valence-electron chi connectivity index (χ0n) is 20.1. The second-order valence-electron chi connectivity index (χ2n) is 9.22. The van der Waals surface area contributed by atoms with E-state index in [1.54, 1.807) is 16.4 Å². The Balaban J connectivity index is 1.64. The van der Waals surface area contributed by atoms with Crippen LogP contribution in [0, 0.1) is 0 Å². The Bertz CT molecular complexity index is 1250. The topological polar surface area (TPSA) is 105 Å². The Labute approximate surface area is 221 Å². The minimum atomic E-state index is -3.77. The first-order valence-electron chi connectivity index (χ1n) is 12.4. The molecule has 0 aliphatic carbocycles. The molecule has 2 fully saturated rings. The van der Waals surface area contributed by atoms with Crippen molar-refractivity contribution in [2.24, 2.45) is 0 Å². The van der Waals surface area contributed by atoms with Crippen molar-refractivity contribution in [1.29, 1.82) is 0 Å². The van der Waals surface area contributed by atoms with Gasteiger partial charge in [-0.05, 0) is 43.9 Å². The van der Waals surface area contributed by atoms with Gasteiger partial charge in [0, 0.05) is 31.9 Å². The van der Waals surface area contributed by atoms with Crippen molar-refractivity contribution in [3.05, 3.63) is 44.8 Å². The molecule has 196 valence electrons. The van der Waals surface area contributed by atoms with Crippen LogP contribution < -0.4 is 15.8 Å². The highest BCUT2D eigenvalue weighted by molar-refractivity contribution is 7.89. The Kier molecular flexibility index (Phi) is 8.92. The summed E-state index contributed by atoms with van der Waals surface area (Å²) in [4.78, 5) is 27.3. The molecule has 0 unspecified atom stereocenters. The molecule has 2 aliphatic rings. The predicted octanol–water partition coefficient (Wildman–Crippen LogP) is 4.13. The van der Waals surface area contributed by atoms with Gasteiger partial charge in [0.05, 0.1) is 16.9 Å². The highest BCUT2D eigenvalue weighted by Gasteiger charge is 2.30. The summed E-state index contributed by atoms with van der Waals surface area (Å²) in [6.45, 7) is 2.17. The first kappa shape index (κ1) is 26.9. The zero-order chi connectivity index (χ0) is 25.7. The lowest BCUT2D eigenvalue weighted by molar-refractivity contribution is -0.117. The second-order valence-corrected chi connectivity index (χ2v) is 11.9. The standard InChI is InChI=1S/C24H31Cl2N5O4S/c25-19-16-27-31(24(33)23(19)26)17-22(32)28-18-9-10-20(29-11-5-1-2-6-12-29)21(15-18)36(34,35)30-13-7-3-4-8-14-30/h9-10,15-16H,1-8,11-14,17H2,(H,28,32). The summed E-state index contributed by atoms with van der Waals surface area (Å²) in [6.07, 6.45) is 9.16. The average molecular weight is 557 g/mol. The molecule has 9 nitrogen and oxygen atoms in total. The molecule has 0 atom stereocenters. The highest BCUT2D eigenvalue weighted by Crippen LogP contribution is 2.33. The summed E-state index contributed by atoms with van der Waals surface area (Å²) >= 11 is 11.7. The molecule has 0 saturated carbocycles. The molecule has 1 N–H and O–H groups in total. The van der Waals surface area contributed by atoms with Crippen LogP contribution >= 0.6 is 23.2 Å². The van der Waals surface area contributed by atoms with Gasteiger partial charge in [-0.25, -0.2) is 13.1 Å². The van der Waals surface area contributed by atoms with E-state index in [1.807, 2.05) is 0 Å². The van der Waals surface area contributed by atoms with Crippen molar-refractivity contribution in [1.82, 2.24) is 14.1 Å². The number of carbonyl (C=O) groups is 1. The number of sulfonamides is 1. The fourth-order valence-electron chi connectivity index (χ4n) is 4.69. The number of halogens is 2. The van der Waals surface area contributed by atoms with Gasteiger partial charge >= 0.3 is 0 Å². The maximum Gasteiger partial charge on any atom is 0.287 e. The van der Waals surface area contributed by atoms with Gasteiger partial charge in [0.1, 0.15) is 16.5 Å². The Morgan fingerprint density at radius 2 is 1.56 bits per heavy atom. The quantitative estimate of drug-likeness (QED) is 0.574. The molecule has 1 aromatic carbocycles. The zero-order valence-corrected chi connectivity index (χ0v) is 22.4. The van der Waals surface area contributed by atoms with Crippen LogP contribution in [0.3, 0.4) is 0 Å². The largest absolute Gasteiger partial charge is 0.370 e. The molecule has 2 saturated heterocycles. The summed E-state index contributed by atoms with van der Waals surface area (Å²) < 4.78 is 30.2. The molecular formula is C24H31Cl2N5O4S. The van der Waals surface area contributed by atoms with Crippen LogP contribution in [0.1, 0.15) is 51.4 Å².